The largest absolute Gasteiger partial charge is 0.420 e. The third-order valence-corrected chi connectivity index (χ3v) is 5.05. The van der Waals surface area contributed by atoms with Crippen molar-refractivity contribution in [2.75, 3.05) is 13.6 Å². The average Bonchev–Trinajstić information content (AvgIpc) is 2.61. The van der Waals surface area contributed by atoms with E-state index in [1.165, 1.54) is 11.0 Å². The maximum absolute atomic E-state index is 14.5. The van der Waals surface area contributed by atoms with Gasteiger partial charge < -0.3 is 4.90 Å². The third kappa shape index (κ3) is 6.12. The summed E-state index contributed by atoms with van der Waals surface area (Å²) in [4.78, 5) is 1.51. The molecule has 0 radical (unpaired) electrons. The van der Waals surface area contributed by atoms with E-state index in [0.29, 0.717) is 18.9 Å². The maximum Gasteiger partial charge on any atom is 0.420 e. The normalized spacial score (nSPS) is 16.6. The summed E-state index contributed by atoms with van der Waals surface area (Å²) in [5, 5.41) is 8.90. The molecule has 1 rings (SSSR count). The zero-order chi connectivity index (χ0) is 21.6. The Morgan fingerprint density at radius 2 is 1.75 bits per heavy atom. The molecular weight excluding hydrogens is 368 g/mol. The predicted molar refractivity (Wildman–Crippen MR) is 105 cm³/mol. The molecule has 0 aromatic heterocycles. The molecule has 0 aromatic carbocycles. The maximum atomic E-state index is 14.5. The average molecular weight is 396 g/mol. The van der Waals surface area contributed by atoms with Gasteiger partial charge in [0, 0.05) is 19.2 Å². The standard InChI is InChI=1S/C22H28F4N2/c1-14(2)15(3)7-8-16(4)17(5)11-12-28(6)19-10-9-18(13-27)20(21(19)23)22(24,25)26/h7-8,14,17H,3-4,9-12H2,1-2,5-6H3/b8-7-. The van der Waals surface area contributed by atoms with Crippen molar-refractivity contribution in [3.05, 3.63) is 59.1 Å². The predicted octanol–water partition coefficient (Wildman–Crippen LogP) is 6.63. The molecule has 2 nitrogen and oxygen atoms in total. The molecule has 154 valence electrons. The first-order valence-electron chi connectivity index (χ1n) is 9.26. The van der Waals surface area contributed by atoms with Crippen LogP contribution in [0.3, 0.4) is 0 Å². The van der Waals surface area contributed by atoms with E-state index in [2.05, 4.69) is 13.2 Å². The van der Waals surface area contributed by atoms with Crippen LogP contribution in [0.25, 0.3) is 0 Å². The number of hydrogen-bond donors (Lipinski definition) is 0. The van der Waals surface area contributed by atoms with E-state index in [0.717, 1.165) is 11.1 Å². The van der Waals surface area contributed by atoms with E-state index in [9.17, 15) is 17.6 Å². The van der Waals surface area contributed by atoms with Crippen LogP contribution < -0.4 is 0 Å². The Hall–Kier alpha value is -2.29. The molecule has 0 fully saturated rings. The van der Waals surface area contributed by atoms with Crippen molar-refractivity contribution in [2.24, 2.45) is 11.8 Å². The van der Waals surface area contributed by atoms with Crippen LogP contribution in [0.5, 0.6) is 0 Å². The Morgan fingerprint density at radius 3 is 2.25 bits per heavy atom. The summed E-state index contributed by atoms with van der Waals surface area (Å²) in [6.45, 7) is 14.4. The van der Waals surface area contributed by atoms with E-state index < -0.39 is 23.1 Å². The minimum atomic E-state index is -4.88. The molecule has 1 atom stereocenters. The van der Waals surface area contributed by atoms with Gasteiger partial charge in [0.15, 0.2) is 5.83 Å². The molecule has 28 heavy (non-hydrogen) atoms. The second kappa shape index (κ2) is 9.77. The van der Waals surface area contributed by atoms with Crippen LogP contribution >= 0.6 is 0 Å². The molecule has 0 N–H and O–H groups in total. The van der Waals surface area contributed by atoms with Crippen LogP contribution in [0.15, 0.2) is 59.1 Å². The fraction of sp³-hybridized carbons (Fsp3) is 0.500. The van der Waals surface area contributed by atoms with Crippen LogP contribution in [-0.4, -0.2) is 24.7 Å². The lowest BCUT2D eigenvalue weighted by Gasteiger charge is -2.29. The summed E-state index contributed by atoms with van der Waals surface area (Å²) in [6.07, 6.45) is -0.486. The third-order valence-electron chi connectivity index (χ3n) is 5.05. The summed E-state index contributed by atoms with van der Waals surface area (Å²) in [5.41, 5.74) is -0.112. The van der Waals surface area contributed by atoms with Crippen LogP contribution in [-0.2, 0) is 0 Å². The van der Waals surface area contributed by atoms with E-state index in [1.807, 2.05) is 32.9 Å². The van der Waals surface area contributed by atoms with Crippen molar-refractivity contribution in [2.45, 2.75) is 46.2 Å². The topological polar surface area (TPSA) is 27.0 Å². The zero-order valence-corrected chi connectivity index (χ0v) is 17.0. The van der Waals surface area contributed by atoms with E-state index in [-0.39, 0.29) is 24.5 Å². The molecule has 1 aliphatic carbocycles. The van der Waals surface area contributed by atoms with Crippen molar-refractivity contribution < 1.29 is 17.6 Å². The minimum Gasteiger partial charge on any atom is -0.375 e. The van der Waals surface area contributed by atoms with Crippen LogP contribution in [0.2, 0.25) is 0 Å². The molecule has 0 saturated carbocycles. The molecule has 1 aliphatic rings. The number of nitrogens with zero attached hydrogens (tertiary/aromatic N) is 2. The van der Waals surface area contributed by atoms with Crippen molar-refractivity contribution in [3.8, 4) is 6.07 Å². The lowest BCUT2D eigenvalue weighted by atomic mass is 9.93. The van der Waals surface area contributed by atoms with Gasteiger partial charge in [-0.1, -0.05) is 57.2 Å². The molecule has 6 heteroatoms. The van der Waals surface area contributed by atoms with E-state index in [4.69, 9.17) is 5.26 Å². The van der Waals surface area contributed by atoms with Crippen LogP contribution in [0.1, 0.15) is 40.0 Å². The number of alkyl halides is 3. The smallest absolute Gasteiger partial charge is 0.375 e. The SMILES string of the molecule is C=C(/C=C\C(=C)C(C)CCN(C)C1=C(F)C(C(F)(F)F)=C(C#N)CC1)C(C)C. The van der Waals surface area contributed by atoms with Crippen molar-refractivity contribution >= 4 is 0 Å². The Morgan fingerprint density at radius 1 is 1.18 bits per heavy atom. The number of halogens is 4. The van der Waals surface area contributed by atoms with Gasteiger partial charge in [0.05, 0.1) is 11.8 Å². The van der Waals surface area contributed by atoms with Crippen molar-refractivity contribution in [3.63, 3.8) is 0 Å². The Labute approximate surface area is 165 Å². The second-order valence-electron chi connectivity index (χ2n) is 7.47. The molecule has 0 amide bonds. The first-order chi connectivity index (χ1) is 12.9. The fourth-order valence-corrected chi connectivity index (χ4v) is 2.80. The molecule has 0 heterocycles. The van der Waals surface area contributed by atoms with Gasteiger partial charge in [-0.25, -0.2) is 4.39 Å². The Kier molecular flexibility index (Phi) is 8.29. The first-order valence-corrected chi connectivity index (χ1v) is 9.26. The number of rotatable bonds is 8. The molecule has 1 unspecified atom stereocenters. The van der Waals surface area contributed by atoms with Gasteiger partial charge in [0.2, 0.25) is 0 Å². The molecule has 0 saturated heterocycles. The van der Waals surface area contributed by atoms with Crippen LogP contribution in [0.4, 0.5) is 17.6 Å². The number of nitriles is 1. The highest BCUT2D eigenvalue weighted by atomic mass is 19.4. The first kappa shape index (κ1) is 23.7. The van der Waals surface area contributed by atoms with Gasteiger partial charge in [0.1, 0.15) is 5.57 Å². The highest BCUT2D eigenvalue weighted by molar-refractivity contribution is 5.46. The van der Waals surface area contributed by atoms with Gasteiger partial charge in [-0.05, 0) is 31.1 Å². The quantitative estimate of drug-likeness (QED) is 0.340. The van der Waals surface area contributed by atoms with E-state index in [1.54, 1.807) is 7.05 Å². The Balaban J connectivity index is 2.84. The van der Waals surface area contributed by atoms with E-state index >= 15 is 0 Å². The monoisotopic (exact) mass is 396 g/mol. The zero-order valence-electron chi connectivity index (χ0n) is 17.0. The lowest BCUT2D eigenvalue weighted by molar-refractivity contribution is -0.0924. The van der Waals surface area contributed by atoms with Gasteiger partial charge in [-0.3, -0.25) is 0 Å². The molecule has 0 bridgehead atoms. The molecule has 0 aliphatic heterocycles. The van der Waals surface area contributed by atoms with Gasteiger partial charge in [-0.15, -0.1) is 0 Å². The number of hydrogen-bond acceptors (Lipinski definition) is 2. The van der Waals surface area contributed by atoms with Crippen molar-refractivity contribution in [1.82, 2.24) is 4.90 Å². The molecular formula is C22H28F4N2. The van der Waals surface area contributed by atoms with Gasteiger partial charge in [0.25, 0.3) is 0 Å². The summed E-state index contributed by atoms with van der Waals surface area (Å²) in [7, 11) is 1.58. The van der Waals surface area contributed by atoms with Crippen LogP contribution in [0, 0.1) is 23.2 Å². The summed E-state index contributed by atoms with van der Waals surface area (Å²) < 4.78 is 54.0. The second-order valence-corrected chi connectivity index (χ2v) is 7.47. The lowest BCUT2D eigenvalue weighted by Crippen LogP contribution is -2.27. The number of allylic oxidation sites excluding steroid dienone is 8. The highest BCUT2D eigenvalue weighted by Crippen LogP contribution is 2.41. The highest BCUT2D eigenvalue weighted by Gasteiger charge is 2.42. The van der Waals surface area contributed by atoms with Crippen molar-refractivity contribution in [1.29, 1.82) is 5.26 Å². The molecule has 0 aromatic rings. The summed E-state index contributed by atoms with van der Waals surface area (Å²) in [5.74, 6) is -0.920. The minimum absolute atomic E-state index is 0.00661. The fourth-order valence-electron chi connectivity index (χ4n) is 2.80. The van der Waals surface area contributed by atoms with Gasteiger partial charge in [-0.2, -0.15) is 18.4 Å². The van der Waals surface area contributed by atoms with Gasteiger partial charge >= 0.3 is 6.18 Å². The Bertz CT molecular complexity index is 745. The summed E-state index contributed by atoms with van der Waals surface area (Å²) in [6, 6.07) is 1.49. The summed E-state index contributed by atoms with van der Waals surface area (Å²) >= 11 is 0. The molecule has 0 spiro atoms.